The molecule has 3 heterocycles. The highest BCUT2D eigenvalue weighted by molar-refractivity contribution is 9.10. The first-order valence-corrected chi connectivity index (χ1v) is 13.2. The number of thiazole rings is 1. The van der Waals surface area contributed by atoms with E-state index < -0.39 is 17.7 Å². The number of ketones is 1. The Morgan fingerprint density at radius 3 is 2.69 bits per heavy atom. The molecule has 1 amide bonds. The zero-order chi connectivity index (χ0) is 25.1. The second-order valence-corrected chi connectivity index (χ2v) is 11.1. The lowest BCUT2D eigenvalue weighted by molar-refractivity contribution is -0.132. The number of nitrogens with zero attached hydrogens (tertiary/aromatic N) is 2. The monoisotopic (exact) mass is 580 g/mol. The van der Waals surface area contributed by atoms with E-state index in [0.717, 1.165) is 20.5 Å². The quantitative estimate of drug-likeness (QED) is 0.166. The van der Waals surface area contributed by atoms with Crippen molar-refractivity contribution in [1.29, 1.82) is 0 Å². The van der Waals surface area contributed by atoms with Gasteiger partial charge in [-0.05, 0) is 66.6 Å². The molecular formula is C27H18BrClN2O4S. The van der Waals surface area contributed by atoms with Crippen molar-refractivity contribution >= 4 is 71.7 Å². The highest BCUT2D eigenvalue weighted by atomic mass is 79.9. The maximum absolute atomic E-state index is 13.4. The number of anilines is 1. The molecule has 2 unspecified atom stereocenters. The number of amides is 1. The summed E-state index contributed by atoms with van der Waals surface area (Å²) in [7, 11) is 0. The molecule has 4 aromatic rings. The highest BCUT2D eigenvalue weighted by Gasteiger charge is 2.48. The number of aliphatic hydroxyl groups excluding tert-OH is 1. The number of fused-ring (bicyclic) bond motifs is 2. The number of hydrogen-bond donors (Lipinski definition) is 1. The molecule has 0 radical (unpaired) electrons. The number of carbonyl (C=O) groups excluding carboxylic acids is 2. The van der Waals surface area contributed by atoms with Crippen LogP contribution < -0.4 is 9.64 Å². The first-order valence-electron chi connectivity index (χ1n) is 11.2. The topological polar surface area (TPSA) is 79.7 Å². The summed E-state index contributed by atoms with van der Waals surface area (Å²) in [4.78, 5) is 32.8. The van der Waals surface area contributed by atoms with Crippen LogP contribution in [-0.2, 0) is 16.0 Å². The van der Waals surface area contributed by atoms with Crippen LogP contribution in [0.4, 0.5) is 5.13 Å². The third-order valence-electron chi connectivity index (χ3n) is 6.34. The lowest BCUT2D eigenvalue weighted by Crippen LogP contribution is -2.29. The molecular weight excluding hydrogens is 564 g/mol. The molecule has 0 bridgehead atoms. The minimum Gasteiger partial charge on any atom is -0.507 e. The molecule has 36 heavy (non-hydrogen) atoms. The minimum absolute atomic E-state index is 0.0199. The molecule has 6 rings (SSSR count). The summed E-state index contributed by atoms with van der Waals surface area (Å²) < 4.78 is 7.42. The van der Waals surface area contributed by atoms with Gasteiger partial charge in [-0.1, -0.05) is 51.0 Å². The van der Waals surface area contributed by atoms with Crippen molar-refractivity contribution in [2.24, 2.45) is 0 Å². The van der Waals surface area contributed by atoms with Gasteiger partial charge < -0.3 is 9.84 Å². The molecule has 6 nitrogen and oxygen atoms in total. The van der Waals surface area contributed by atoms with Gasteiger partial charge in [0.25, 0.3) is 5.78 Å². The third kappa shape index (κ3) is 3.80. The number of aromatic nitrogens is 1. The second kappa shape index (κ2) is 8.73. The summed E-state index contributed by atoms with van der Waals surface area (Å²) in [6, 6.07) is 17.1. The van der Waals surface area contributed by atoms with Gasteiger partial charge >= 0.3 is 5.91 Å². The fraction of sp³-hybridized carbons (Fsp3) is 0.148. The number of ether oxygens (including phenoxy) is 1. The molecule has 1 saturated heterocycles. The van der Waals surface area contributed by atoms with E-state index in [0.29, 0.717) is 33.2 Å². The Morgan fingerprint density at radius 2 is 1.92 bits per heavy atom. The maximum Gasteiger partial charge on any atom is 0.301 e. The fourth-order valence-corrected chi connectivity index (χ4v) is 6.24. The summed E-state index contributed by atoms with van der Waals surface area (Å²) in [6.45, 7) is 1.98. The van der Waals surface area contributed by atoms with Gasteiger partial charge in [-0.2, -0.15) is 0 Å². The van der Waals surface area contributed by atoms with Crippen LogP contribution in [-0.4, -0.2) is 27.9 Å². The van der Waals surface area contributed by atoms with Crippen LogP contribution in [0.3, 0.4) is 0 Å². The van der Waals surface area contributed by atoms with E-state index in [2.05, 4.69) is 20.9 Å². The van der Waals surface area contributed by atoms with Crippen molar-refractivity contribution in [2.45, 2.75) is 25.5 Å². The second-order valence-electron chi connectivity index (χ2n) is 8.78. The maximum atomic E-state index is 13.4. The molecule has 2 aliphatic rings. The standard InChI is InChI=1S/C27H18BrClN2O4S/c1-13-10-16-11-15(4-9-20(16)35-13)24(32)22-23(14-2-5-17(28)6-3-14)31(26(34)25(22)33)27-30-19-8-7-18(29)12-21(19)36-27/h2-9,11-13,23,32H,10H2,1H3. The molecule has 180 valence electrons. The van der Waals surface area contributed by atoms with Gasteiger partial charge in [-0.15, -0.1) is 0 Å². The molecule has 2 aliphatic heterocycles. The van der Waals surface area contributed by atoms with Crippen LogP contribution in [0.5, 0.6) is 5.75 Å². The Kier molecular flexibility index (Phi) is 5.63. The Bertz CT molecular complexity index is 1600. The van der Waals surface area contributed by atoms with Crippen LogP contribution in [0.25, 0.3) is 16.0 Å². The fourth-order valence-electron chi connectivity index (χ4n) is 4.70. The molecule has 1 aromatic heterocycles. The van der Waals surface area contributed by atoms with E-state index in [4.69, 9.17) is 16.3 Å². The summed E-state index contributed by atoms with van der Waals surface area (Å²) in [5, 5.41) is 12.3. The van der Waals surface area contributed by atoms with E-state index in [1.165, 1.54) is 16.2 Å². The normalized spacial score (nSPS) is 20.7. The van der Waals surface area contributed by atoms with Crippen LogP contribution in [0, 0.1) is 0 Å². The molecule has 0 aliphatic carbocycles. The zero-order valence-electron chi connectivity index (χ0n) is 18.9. The predicted octanol–water partition coefficient (Wildman–Crippen LogP) is 6.66. The summed E-state index contributed by atoms with van der Waals surface area (Å²) in [5.41, 5.74) is 2.77. The smallest absolute Gasteiger partial charge is 0.301 e. The van der Waals surface area contributed by atoms with Gasteiger partial charge in [0.1, 0.15) is 17.6 Å². The van der Waals surface area contributed by atoms with E-state index >= 15 is 0 Å². The van der Waals surface area contributed by atoms with Crippen molar-refractivity contribution in [2.75, 3.05) is 4.90 Å². The number of carbonyl (C=O) groups is 2. The summed E-state index contributed by atoms with van der Waals surface area (Å²) in [6.07, 6.45) is 0.744. The van der Waals surface area contributed by atoms with Crippen molar-refractivity contribution in [1.82, 2.24) is 4.98 Å². The SMILES string of the molecule is CC1Cc2cc(C(O)=C3C(=O)C(=O)N(c4nc5ccc(Cl)cc5s4)C3c3ccc(Br)cc3)ccc2O1. The molecule has 3 aromatic carbocycles. The molecule has 0 spiro atoms. The summed E-state index contributed by atoms with van der Waals surface area (Å²) >= 11 is 10.9. The third-order valence-corrected chi connectivity index (χ3v) is 8.13. The van der Waals surface area contributed by atoms with Gasteiger partial charge in [-0.3, -0.25) is 14.5 Å². The van der Waals surface area contributed by atoms with E-state index in [1.807, 2.05) is 37.3 Å². The average Bonchev–Trinajstić information content (AvgIpc) is 3.51. The average molecular weight is 582 g/mol. The number of halogens is 2. The highest BCUT2D eigenvalue weighted by Crippen LogP contribution is 2.45. The van der Waals surface area contributed by atoms with E-state index in [1.54, 1.807) is 30.3 Å². The van der Waals surface area contributed by atoms with Crippen molar-refractivity contribution in [3.8, 4) is 5.75 Å². The van der Waals surface area contributed by atoms with Gasteiger partial charge in [-0.25, -0.2) is 4.98 Å². The van der Waals surface area contributed by atoms with Crippen LogP contribution in [0.2, 0.25) is 5.02 Å². The molecule has 9 heteroatoms. The Hall–Kier alpha value is -3.20. The number of Topliss-reactive ketones (excluding diaryl/α,β-unsaturated/α-hetero) is 1. The Morgan fingerprint density at radius 1 is 1.14 bits per heavy atom. The minimum atomic E-state index is -0.849. The largest absolute Gasteiger partial charge is 0.507 e. The van der Waals surface area contributed by atoms with Crippen molar-refractivity contribution in [3.05, 3.63) is 92.4 Å². The lowest BCUT2D eigenvalue weighted by atomic mass is 9.94. The van der Waals surface area contributed by atoms with E-state index in [9.17, 15) is 14.7 Å². The van der Waals surface area contributed by atoms with Crippen LogP contribution >= 0.6 is 38.9 Å². The van der Waals surface area contributed by atoms with Crippen molar-refractivity contribution in [3.63, 3.8) is 0 Å². The lowest BCUT2D eigenvalue weighted by Gasteiger charge is -2.23. The zero-order valence-corrected chi connectivity index (χ0v) is 22.0. The molecule has 2 atom stereocenters. The first-order chi connectivity index (χ1) is 17.3. The van der Waals surface area contributed by atoms with Gasteiger partial charge in [0.15, 0.2) is 5.13 Å². The number of rotatable bonds is 3. The van der Waals surface area contributed by atoms with Gasteiger partial charge in [0.2, 0.25) is 0 Å². The molecule has 1 fully saturated rings. The number of aliphatic hydroxyl groups is 1. The van der Waals surface area contributed by atoms with Gasteiger partial charge in [0.05, 0.1) is 21.8 Å². The Balaban J connectivity index is 1.53. The predicted molar refractivity (Wildman–Crippen MR) is 144 cm³/mol. The van der Waals surface area contributed by atoms with Crippen LogP contribution in [0.1, 0.15) is 29.7 Å². The number of benzene rings is 3. The number of hydrogen-bond acceptors (Lipinski definition) is 6. The van der Waals surface area contributed by atoms with Crippen molar-refractivity contribution < 1.29 is 19.4 Å². The van der Waals surface area contributed by atoms with Crippen LogP contribution in [0.15, 0.2) is 70.7 Å². The van der Waals surface area contributed by atoms with E-state index in [-0.39, 0.29) is 17.4 Å². The molecule has 1 N–H and O–H groups in total. The van der Waals surface area contributed by atoms with Gasteiger partial charge in [0, 0.05) is 21.5 Å². The Labute approximate surface area is 223 Å². The molecule has 0 saturated carbocycles. The first kappa shape index (κ1) is 23.2. The summed E-state index contributed by atoms with van der Waals surface area (Å²) in [5.74, 6) is -0.970.